The van der Waals surface area contributed by atoms with Gasteiger partial charge < -0.3 is 31.1 Å². The highest BCUT2D eigenvalue weighted by atomic mass is 16.2. The summed E-state index contributed by atoms with van der Waals surface area (Å²) in [6.45, 7) is 13.2. The predicted molar refractivity (Wildman–Crippen MR) is 176 cm³/mol. The third-order valence-electron chi connectivity index (χ3n) is 8.62. The van der Waals surface area contributed by atoms with Gasteiger partial charge in [0.25, 0.3) is 5.91 Å². The molecule has 2 aliphatic rings. The lowest BCUT2D eigenvalue weighted by atomic mass is 9.96. The van der Waals surface area contributed by atoms with Gasteiger partial charge in [0.15, 0.2) is 0 Å². The molecule has 4 N–H and O–H groups in total. The maximum atomic E-state index is 14.1. The molecule has 0 unspecified atom stereocenters. The van der Waals surface area contributed by atoms with Crippen LogP contribution in [0.15, 0.2) is 24.3 Å². The predicted octanol–water partition coefficient (Wildman–Crippen LogP) is 2.68. The second-order valence-electron chi connectivity index (χ2n) is 13.8. The Morgan fingerprint density at radius 2 is 1.43 bits per heavy atom. The highest BCUT2D eigenvalue weighted by Gasteiger charge is 2.39. The van der Waals surface area contributed by atoms with Crippen molar-refractivity contribution in [2.45, 2.75) is 111 Å². The normalized spacial score (nSPS) is 26.0. The first-order valence-electron chi connectivity index (χ1n) is 16.5. The average molecular weight is 641 g/mol. The van der Waals surface area contributed by atoms with E-state index in [0.717, 1.165) is 6.42 Å². The highest BCUT2D eigenvalue weighted by Crippen LogP contribution is 2.26. The zero-order valence-corrected chi connectivity index (χ0v) is 28.5. The number of nitrogens with one attached hydrogen (secondary N) is 4. The number of likely N-dealkylation sites (N-methyl/N-ethyl adjacent to an activating group) is 1. The van der Waals surface area contributed by atoms with Crippen LogP contribution >= 0.6 is 0 Å². The number of rotatable bonds is 5. The van der Waals surface area contributed by atoms with Crippen molar-refractivity contribution in [2.24, 2.45) is 17.8 Å². The Morgan fingerprint density at radius 1 is 0.783 bits per heavy atom. The lowest BCUT2D eigenvalue weighted by Crippen LogP contribution is -2.59. The van der Waals surface area contributed by atoms with E-state index in [0.29, 0.717) is 32.2 Å². The number of hydrogen-bond acceptors (Lipinski definition) is 6. The summed E-state index contributed by atoms with van der Waals surface area (Å²) < 4.78 is 0. The zero-order chi connectivity index (χ0) is 34.3. The van der Waals surface area contributed by atoms with Crippen LogP contribution in [0.3, 0.4) is 0 Å². The topological polar surface area (TPSA) is 157 Å². The van der Waals surface area contributed by atoms with Gasteiger partial charge in [-0.05, 0) is 68.9 Å². The van der Waals surface area contributed by atoms with Crippen molar-refractivity contribution in [1.82, 2.24) is 25.8 Å². The van der Waals surface area contributed by atoms with E-state index < -0.39 is 59.7 Å². The summed E-state index contributed by atoms with van der Waals surface area (Å²) >= 11 is 0. The van der Waals surface area contributed by atoms with Gasteiger partial charge >= 0.3 is 0 Å². The number of anilines is 1. The summed E-state index contributed by atoms with van der Waals surface area (Å²) in [4.78, 5) is 85.3. The van der Waals surface area contributed by atoms with E-state index in [2.05, 4.69) is 21.3 Å². The zero-order valence-electron chi connectivity index (χ0n) is 28.5. The van der Waals surface area contributed by atoms with E-state index in [4.69, 9.17) is 0 Å². The Kier molecular flexibility index (Phi) is 12.7. The Bertz CT molecular complexity index is 1300. The molecule has 0 aliphatic carbocycles. The molecule has 0 radical (unpaired) electrons. The molecule has 2 aliphatic heterocycles. The van der Waals surface area contributed by atoms with Crippen molar-refractivity contribution in [2.75, 3.05) is 18.9 Å². The van der Waals surface area contributed by atoms with E-state index >= 15 is 0 Å². The third-order valence-corrected chi connectivity index (χ3v) is 8.62. The van der Waals surface area contributed by atoms with Gasteiger partial charge in [-0.25, -0.2) is 0 Å². The maximum Gasteiger partial charge on any atom is 0.256 e. The van der Waals surface area contributed by atoms with Crippen molar-refractivity contribution in [1.29, 1.82) is 0 Å². The molecule has 2 heterocycles. The second kappa shape index (κ2) is 16.0. The van der Waals surface area contributed by atoms with Crippen LogP contribution in [0.25, 0.3) is 0 Å². The van der Waals surface area contributed by atoms with Crippen molar-refractivity contribution < 1.29 is 28.8 Å². The SMILES string of the molecule is CC(C)C[C@H]1NC(=O)[C@H](C)NC(=O)[C@H](CC(C)C)N(C)C(=O)[C@H]2CCCCN2C(=O)c2ccccc2NC(=O)[C@H](C(C)C)NC1=O. The largest absolute Gasteiger partial charge is 0.343 e. The molecule has 12 nitrogen and oxygen atoms in total. The molecular formula is C34H52N6O6. The van der Waals surface area contributed by atoms with Crippen LogP contribution in [0.1, 0.15) is 90.9 Å². The summed E-state index contributed by atoms with van der Waals surface area (Å²) in [5, 5.41) is 11.2. The van der Waals surface area contributed by atoms with Crippen LogP contribution in [-0.2, 0) is 24.0 Å². The number of benzene rings is 1. The molecule has 1 fully saturated rings. The first-order chi connectivity index (χ1) is 21.6. The molecule has 5 atom stereocenters. The summed E-state index contributed by atoms with van der Waals surface area (Å²) in [5.41, 5.74) is 0.485. The summed E-state index contributed by atoms with van der Waals surface area (Å²) in [5.74, 6) is -3.13. The number of piperidine rings is 1. The number of carbonyl (C=O) groups is 6. The van der Waals surface area contributed by atoms with Crippen LogP contribution in [0.4, 0.5) is 5.69 Å². The molecule has 0 aromatic heterocycles. The minimum atomic E-state index is -1.01. The fraction of sp³-hybridized carbons (Fsp3) is 0.647. The van der Waals surface area contributed by atoms with Gasteiger partial charge in [0.2, 0.25) is 29.5 Å². The lowest BCUT2D eigenvalue weighted by molar-refractivity contribution is -0.144. The second-order valence-corrected chi connectivity index (χ2v) is 13.8. The van der Waals surface area contributed by atoms with E-state index in [-0.39, 0.29) is 34.9 Å². The van der Waals surface area contributed by atoms with Gasteiger partial charge in [0, 0.05) is 13.6 Å². The average Bonchev–Trinajstić information content (AvgIpc) is 3.00. The van der Waals surface area contributed by atoms with E-state index in [1.54, 1.807) is 45.2 Å². The lowest BCUT2D eigenvalue weighted by Gasteiger charge is -2.39. The number of carbonyl (C=O) groups excluding carboxylic acids is 6. The van der Waals surface area contributed by atoms with Crippen LogP contribution in [0, 0.1) is 17.8 Å². The number of hydrogen-bond donors (Lipinski definition) is 4. The smallest absolute Gasteiger partial charge is 0.256 e. The molecule has 0 spiro atoms. The van der Waals surface area contributed by atoms with Gasteiger partial charge in [0.05, 0.1) is 11.3 Å². The monoisotopic (exact) mass is 640 g/mol. The van der Waals surface area contributed by atoms with Crippen LogP contribution < -0.4 is 21.3 Å². The first kappa shape index (κ1) is 36.5. The summed E-state index contributed by atoms with van der Waals surface area (Å²) in [6, 6.07) is 1.95. The quantitative estimate of drug-likeness (QED) is 0.388. The van der Waals surface area contributed by atoms with Gasteiger partial charge in [-0.15, -0.1) is 0 Å². The Hall–Kier alpha value is -3.96. The van der Waals surface area contributed by atoms with Crippen LogP contribution in [0.5, 0.6) is 0 Å². The summed E-state index contributed by atoms with van der Waals surface area (Å²) in [6.07, 6.45) is 2.50. The number of para-hydroxylation sites is 1. The van der Waals surface area contributed by atoms with Crippen molar-refractivity contribution in [3.05, 3.63) is 29.8 Å². The molecular weight excluding hydrogens is 588 g/mol. The number of fused-ring (bicyclic) bond motifs is 2. The van der Waals surface area contributed by atoms with E-state index in [9.17, 15) is 28.8 Å². The number of nitrogens with zero attached hydrogens (tertiary/aromatic N) is 2. The molecule has 12 heteroatoms. The highest BCUT2D eigenvalue weighted by molar-refractivity contribution is 6.07. The first-order valence-corrected chi connectivity index (χ1v) is 16.5. The Morgan fingerprint density at radius 3 is 2.07 bits per heavy atom. The van der Waals surface area contributed by atoms with Crippen molar-refractivity contribution >= 4 is 41.1 Å². The minimum absolute atomic E-state index is 0.0281. The van der Waals surface area contributed by atoms with Crippen molar-refractivity contribution in [3.63, 3.8) is 0 Å². The van der Waals surface area contributed by atoms with Crippen molar-refractivity contribution in [3.8, 4) is 0 Å². The molecule has 6 amide bonds. The molecule has 3 rings (SSSR count). The minimum Gasteiger partial charge on any atom is -0.343 e. The molecule has 1 aromatic carbocycles. The van der Waals surface area contributed by atoms with Gasteiger partial charge in [-0.2, -0.15) is 0 Å². The van der Waals surface area contributed by atoms with Crippen LogP contribution in [-0.4, -0.2) is 89.0 Å². The number of amides is 6. The third kappa shape index (κ3) is 9.07. The van der Waals surface area contributed by atoms with E-state index in [1.165, 1.54) is 16.7 Å². The molecule has 0 saturated carbocycles. The standard InChI is InChI=1S/C34H52N6O6/c1-19(2)17-25-30(42)38-28(21(5)6)32(44)36-24-14-10-9-13-23(24)33(45)40-16-12-11-15-26(40)34(46)39(8)27(18-20(3)4)31(43)35-22(7)29(41)37-25/h9-10,13-14,19-22,25-28H,11-12,15-18H2,1-8H3,(H,35,43)(H,36,44)(H,37,41)(H,38,42)/t22-,25+,26+,27-,28-/m0/s1. The van der Waals surface area contributed by atoms with Gasteiger partial charge in [-0.1, -0.05) is 53.7 Å². The molecule has 0 bridgehead atoms. The maximum absolute atomic E-state index is 14.1. The molecule has 46 heavy (non-hydrogen) atoms. The summed E-state index contributed by atoms with van der Waals surface area (Å²) in [7, 11) is 1.56. The fourth-order valence-corrected chi connectivity index (χ4v) is 6.01. The van der Waals surface area contributed by atoms with Gasteiger partial charge in [0.1, 0.15) is 30.2 Å². The molecule has 1 aromatic rings. The van der Waals surface area contributed by atoms with Crippen LogP contribution in [0.2, 0.25) is 0 Å². The molecule has 1 saturated heterocycles. The molecule has 254 valence electrons. The Labute approximate surface area is 272 Å². The van der Waals surface area contributed by atoms with E-state index in [1.807, 2.05) is 27.7 Å². The van der Waals surface area contributed by atoms with Gasteiger partial charge in [-0.3, -0.25) is 28.8 Å². The Balaban J connectivity index is 2.11. The fourth-order valence-electron chi connectivity index (χ4n) is 6.01.